The van der Waals surface area contributed by atoms with Crippen LogP contribution in [0.4, 0.5) is 8.78 Å². The number of carbonyl (C=O) groups is 3. The van der Waals surface area contributed by atoms with Crippen molar-refractivity contribution in [1.82, 2.24) is 15.5 Å². The molecule has 4 atom stereocenters. The number of nitrogens with zero attached hydrogens (tertiary/aromatic N) is 1. The number of amides is 3. The standard InChI is InChI=1S/C32H33F2N3O5/c1-19-22(12-7-13-27(19)38)29(40)36-25(16-20-8-3-2-4-9-20)28(39)31(42)37-18-32(33,34)17-26(37)30(41)35-24-15-14-21-10-5-6-11-23(21)24/h2-13,24-26,28,38-39H,14-18H2,1H3,(H,35,41)(H,36,40)/t24-,25-,26-,28-/m0/s1. The van der Waals surface area contributed by atoms with Crippen LogP contribution in [0.3, 0.4) is 0 Å². The number of halogens is 2. The van der Waals surface area contributed by atoms with Crippen molar-refractivity contribution in [3.63, 3.8) is 0 Å². The predicted molar refractivity (Wildman–Crippen MR) is 151 cm³/mol. The Morgan fingerprint density at radius 3 is 2.50 bits per heavy atom. The van der Waals surface area contributed by atoms with Crippen molar-refractivity contribution >= 4 is 17.7 Å². The summed E-state index contributed by atoms with van der Waals surface area (Å²) in [5, 5.41) is 26.8. The van der Waals surface area contributed by atoms with Crippen LogP contribution in [0.2, 0.25) is 0 Å². The van der Waals surface area contributed by atoms with E-state index in [1.165, 1.54) is 18.2 Å². The molecule has 0 radical (unpaired) electrons. The second kappa shape index (κ2) is 11.9. The van der Waals surface area contributed by atoms with Crippen LogP contribution in [0.5, 0.6) is 5.75 Å². The van der Waals surface area contributed by atoms with Crippen LogP contribution in [0.1, 0.15) is 51.5 Å². The monoisotopic (exact) mass is 577 g/mol. The Labute approximate surface area is 242 Å². The van der Waals surface area contributed by atoms with Crippen LogP contribution in [0.25, 0.3) is 0 Å². The molecular weight excluding hydrogens is 544 g/mol. The number of carbonyl (C=O) groups excluding carboxylic acids is 3. The zero-order valence-electron chi connectivity index (χ0n) is 23.1. The van der Waals surface area contributed by atoms with Crippen LogP contribution in [0.15, 0.2) is 72.8 Å². The maximum atomic E-state index is 14.7. The lowest BCUT2D eigenvalue weighted by Gasteiger charge is -2.30. The van der Waals surface area contributed by atoms with Crippen molar-refractivity contribution in [3.05, 3.63) is 101 Å². The van der Waals surface area contributed by atoms with Crippen molar-refractivity contribution in [3.8, 4) is 5.75 Å². The quantitative estimate of drug-likeness (QED) is 0.327. The molecule has 220 valence electrons. The van der Waals surface area contributed by atoms with Gasteiger partial charge in [0.2, 0.25) is 5.91 Å². The molecule has 1 heterocycles. The number of aliphatic hydroxyl groups is 1. The first-order valence-electron chi connectivity index (χ1n) is 13.9. The largest absolute Gasteiger partial charge is 0.508 e. The van der Waals surface area contributed by atoms with Crippen molar-refractivity contribution in [1.29, 1.82) is 0 Å². The van der Waals surface area contributed by atoms with E-state index in [1.54, 1.807) is 37.3 Å². The summed E-state index contributed by atoms with van der Waals surface area (Å²) >= 11 is 0. The van der Waals surface area contributed by atoms with Crippen molar-refractivity contribution in [2.24, 2.45) is 0 Å². The van der Waals surface area contributed by atoms with Crippen LogP contribution in [0, 0.1) is 6.92 Å². The molecule has 5 rings (SSSR count). The first-order chi connectivity index (χ1) is 20.0. The molecule has 0 bridgehead atoms. The lowest BCUT2D eigenvalue weighted by atomic mass is 9.98. The van der Waals surface area contributed by atoms with Crippen LogP contribution in [-0.4, -0.2) is 63.5 Å². The average molecular weight is 578 g/mol. The van der Waals surface area contributed by atoms with Gasteiger partial charge in [-0.1, -0.05) is 60.7 Å². The highest BCUT2D eigenvalue weighted by Crippen LogP contribution is 2.35. The van der Waals surface area contributed by atoms with Gasteiger partial charge in [-0.25, -0.2) is 8.78 Å². The average Bonchev–Trinajstić information content (AvgIpc) is 3.53. The summed E-state index contributed by atoms with van der Waals surface area (Å²) in [6.45, 7) is 0.524. The molecule has 1 aliphatic heterocycles. The highest BCUT2D eigenvalue weighted by Gasteiger charge is 2.52. The third-order valence-electron chi connectivity index (χ3n) is 8.10. The van der Waals surface area contributed by atoms with Gasteiger partial charge in [-0.05, 0) is 55.0 Å². The summed E-state index contributed by atoms with van der Waals surface area (Å²) in [6.07, 6.45) is -1.43. The second-order valence-electron chi connectivity index (χ2n) is 11.0. The lowest BCUT2D eigenvalue weighted by Crippen LogP contribution is -2.56. The number of aryl methyl sites for hydroxylation is 1. The van der Waals surface area contributed by atoms with E-state index in [4.69, 9.17) is 0 Å². The molecule has 1 saturated heterocycles. The molecule has 4 N–H and O–H groups in total. The summed E-state index contributed by atoms with van der Waals surface area (Å²) in [6, 6.07) is 17.7. The molecule has 3 amide bonds. The summed E-state index contributed by atoms with van der Waals surface area (Å²) in [5.41, 5.74) is 3.11. The van der Waals surface area contributed by atoms with E-state index in [0.29, 0.717) is 17.5 Å². The summed E-state index contributed by atoms with van der Waals surface area (Å²) in [7, 11) is 0. The van der Waals surface area contributed by atoms with Gasteiger partial charge in [0.05, 0.1) is 18.6 Å². The van der Waals surface area contributed by atoms with Gasteiger partial charge in [-0.2, -0.15) is 0 Å². The van der Waals surface area contributed by atoms with E-state index < -0.39 is 54.8 Å². The number of aromatic hydroxyl groups is 1. The Bertz CT molecular complexity index is 1480. The van der Waals surface area contributed by atoms with E-state index in [2.05, 4.69) is 10.6 Å². The number of likely N-dealkylation sites (tertiary alicyclic amines) is 1. The number of hydrogen-bond acceptors (Lipinski definition) is 5. The fourth-order valence-electron chi connectivity index (χ4n) is 5.82. The molecule has 0 aromatic heterocycles. The number of benzene rings is 3. The van der Waals surface area contributed by atoms with Crippen molar-refractivity contribution < 1.29 is 33.4 Å². The predicted octanol–water partition coefficient (Wildman–Crippen LogP) is 3.44. The molecule has 3 aromatic carbocycles. The third kappa shape index (κ3) is 6.13. The topological polar surface area (TPSA) is 119 Å². The highest BCUT2D eigenvalue weighted by molar-refractivity contribution is 5.97. The number of phenolic OH excluding ortho intramolecular Hbond substituents is 1. The van der Waals surface area contributed by atoms with Crippen LogP contribution >= 0.6 is 0 Å². The Balaban J connectivity index is 1.37. The fourth-order valence-corrected chi connectivity index (χ4v) is 5.82. The highest BCUT2D eigenvalue weighted by atomic mass is 19.3. The zero-order valence-corrected chi connectivity index (χ0v) is 23.1. The second-order valence-corrected chi connectivity index (χ2v) is 11.0. The number of rotatable bonds is 8. The van der Waals surface area contributed by atoms with Gasteiger partial charge in [0.1, 0.15) is 11.8 Å². The Morgan fingerprint density at radius 2 is 1.74 bits per heavy atom. The third-order valence-corrected chi connectivity index (χ3v) is 8.10. The fraction of sp³-hybridized carbons (Fsp3) is 0.344. The van der Waals surface area contributed by atoms with Gasteiger partial charge in [0.25, 0.3) is 17.7 Å². The molecule has 1 fully saturated rings. The summed E-state index contributed by atoms with van der Waals surface area (Å²) in [5.74, 6) is -5.88. The minimum atomic E-state index is -3.33. The Morgan fingerprint density at radius 1 is 1.02 bits per heavy atom. The summed E-state index contributed by atoms with van der Waals surface area (Å²) in [4.78, 5) is 40.9. The number of hydrogen-bond donors (Lipinski definition) is 4. The Kier molecular flexibility index (Phi) is 8.27. The molecule has 10 heteroatoms. The Hall–Kier alpha value is -4.31. The molecule has 1 aliphatic carbocycles. The van der Waals surface area contributed by atoms with Gasteiger partial charge in [-0.15, -0.1) is 0 Å². The first-order valence-corrected chi connectivity index (χ1v) is 13.9. The van der Waals surface area contributed by atoms with E-state index in [1.807, 2.05) is 24.3 Å². The molecule has 0 saturated carbocycles. The first kappa shape index (κ1) is 29.2. The normalized spacial score (nSPS) is 20.4. The molecule has 2 aliphatic rings. The maximum Gasteiger partial charge on any atom is 0.267 e. The van der Waals surface area contributed by atoms with Crippen molar-refractivity contribution in [2.75, 3.05) is 6.54 Å². The molecule has 8 nitrogen and oxygen atoms in total. The van der Waals surface area contributed by atoms with Gasteiger partial charge >= 0.3 is 0 Å². The number of aliphatic hydroxyl groups excluding tert-OH is 1. The van der Waals surface area contributed by atoms with Crippen LogP contribution in [-0.2, 0) is 22.4 Å². The lowest BCUT2D eigenvalue weighted by molar-refractivity contribution is -0.147. The van der Waals surface area contributed by atoms with E-state index >= 15 is 0 Å². The van der Waals surface area contributed by atoms with Gasteiger partial charge in [0, 0.05) is 17.5 Å². The molecule has 3 aromatic rings. The maximum absolute atomic E-state index is 14.7. The number of phenols is 1. The van der Waals surface area contributed by atoms with E-state index in [-0.39, 0.29) is 23.8 Å². The number of alkyl halides is 2. The van der Waals surface area contributed by atoms with Crippen LogP contribution < -0.4 is 10.6 Å². The molecular formula is C32H33F2N3O5. The van der Waals surface area contributed by atoms with E-state index in [0.717, 1.165) is 22.4 Å². The molecule has 42 heavy (non-hydrogen) atoms. The number of fused-ring (bicyclic) bond motifs is 1. The zero-order chi connectivity index (χ0) is 30.0. The minimum absolute atomic E-state index is 0.0112. The summed E-state index contributed by atoms with van der Waals surface area (Å²) < 4.78 is 29.4. The van der Waals surface area contributed by atoms with Gasteiger partial charge in [0.15, 0.2) is 6.10 Å². The van der Waals surface area contributed by atoms with Gasteiger partial charge < -0.3 is 25.7 Å². The van der Waals surface area contributed by atoms with Gasteiger partial charge in [-0.3, -0.25) is 14.4 Å². The smallest absolute Gasteiger partial charge is 0.267 e. The molecule has 0 unspecified atom stereocenters. The van der Waals surface area contributed by atoms with Crippen molar-refractivity contribution in [2.45, 2.75) is 62.8 Å². The molecule has 0 spiro atoms. The number of nitrogens with one attached hydrogen (secondary N) is 2. The van der Waals surface area contributed by atoms with E-state index in [9.17, 15) is 33.4 Å². The SMILES string of the molecule is Cc1c(O)cccc1C(=O)N[C@@H](Cc1ccccc1)[C@H](O)C(=O)N1CC(F)(F)C[C@H]1C(=O)N[C@H]1CCc2ccccc21. The minimum Gasteiger partial charge on any atom is -0.508 e.